The van der Waals surface area contributed by atoms with Gasteiger partial charge in [0.15, 0.2) is 0 Å². The van der Waals surface area contributed by atoms with Crippen LogP contribution in [0.2, 0.25) is 0 Å². The number of nitrogens with zero attached hydrogens (tertiary/aromatic N) is 4. The van der Waals surface area contributed by atoms with Gasteiger partial charge in [-0.25, -0.2) is 23.4 Å². The quantitative estimate of drug-likeness (QED) is 0.618. The lowest BCUT2D eigenvalue weighted by Gasteiger charge is -2.34. The van der Waals surface area contributed by atoms with E-state index in [1.807, 2.05) is 12.3 Å². The summed E-state index contributed by atoms with van der Waals surface area (Å²) in [7, 11) is 0. The van der Waals surface area contributed by atoms with Crippen LogP contribution in [0.5, 0.6) is 0 Å². The maximum Gasteiger partial charge on any atom is 0.150 e. The Balaban J connectivity index is 1.95. The van der Waals surface area contributed by atoms with Gasteiger partial charge in [0.05, 0.1) is 12.2 Å². The van der Waals surface area contributed by atoms with Gasteiger partial charge in [0.1, 0.15) is 34.2 Å². The summed E-state index contributed by atoms with van der Waals surface area (Å²) < 4.78 is 30.0. The molecular weight excluding hydrogens is 378 g/mol. The minimum atomic E-state index is -1.63. The van der Waals surface area contributed by atoms with E-state index in [9.17, 15) is 13.9 Å². The van der Waals surface area contributed by atoms with Crippen molar-refractivity contribution >= 4 is 23.1 Å². The summed E-state index contributed by atoms with van der Waals surface area (Å²) in [5, 5.41) is 16.9. The van der Waals surface area contributed by atoms with Gasteiger partial charge in [-0.15, -0.1) is 11.3 Å². The van der Waals surface area contributed by atoms with E-state index in [0.717, 1.165) is 28.6 Å². The zero-order chi connectivity index (χ0) is 18.7. The Labute approximate surface area is 158 Å². The summed E-state index contributed by atoms with van der Waals surface area (Å²) in [4.78, 5) is 8.36. The Kier molecular flexibility index (Phi) is 5.69. The van der Waals surface area contributed by atoms with Crippen molar-refractivity contribution in [1.82, 2.24) is 19.7 Å². The van der Waals surface area contributed by atoms with Crippen molar-refractivity contribution < 1.29 is 13.9 Å². The van der Waals surface area contributed by atoms with E-state index < -0.39 is 22.5 Å². The third-order valence-electron chi connectivity index (χ3n) is 4.11. The molecule has 9 heteroatoms. The van der Waals surface area contributed by atoms with E-state index >= 15 is 0 Å². The molecule has 1 N–H and O–H groups in total. The number of thiazole rings is 1. The van der Waals surface area contributed by atoms with E-state index in [4.69, 9.17) is 0 Å². The number of benzene rings is 1. The van der Waals surface area contributed by atoms with Crippen molar-refractivity contribution in [2.24, 2.45) is 0 Å². The summed E-state index contributed by atoms with van der Waals surface area (Å²) in [5.41, 5.74) is -0.645. The Bertz CT molecular complexity index is 872. The van der Waals surface area contributed by atoms with Crippen LogP contribution in [0.4, 0.5) is 8.78 Å². The molecule has 0 amide bonds. The standard InChI is InChI=1S/C17H18F2N4OS2/c1-3-13-7-25-16(22-13)26-11(2)17(24,8-23-10-20-9-21-23)14-5-4-12(18)6-15(14)19/h4-7,9-11,24H,3,8H2,1-2H3. The van der Waals surface area contributed by atoms with Crippen LogP contribution in [-0.2, 0) is 18.6 Å². The molecule has 0 spiro atoms. The topological polar surface area (TPSA) is 63.8 Å². The van der Waals surface area contributed by atoms with Crippen LogP contribution in [0, 0.1) is 11.6 Å². The molecule has 138 valence electrons. The molecule has 0 aliphatic carbocycles. The summed E-state index contributed by atoms with van der Waals surface area (Å²) >= 11 is 2.83. The lowest BCUT2D eigenvalue weighted by atomic mass is 9.90. The molecule has 0 bridgehead atoms. The van der Waals surface area contributed by atoms with Crippen LogP contribution in [0.1, 0.15) is 25.1 Å². The minimum Gasteiger partial charge on any atom is -0.382 e. The van der Waals surface area contributed by atoms with Crippen LogP contribution in [-0.4, -0.2) is 30.1 Å². The predicted octanol–water partition coefficient (Wildman–Crippen LogP) is 3.64. The van der Waals surface area contributed by atoms with Gasteiger partial charge in [-0.2, -0.15) is 5.10 Å². The summed E-state index contributed by atoms with van der Waals surface area (Å²) in [6.07, 6.45) is 3.61. The van der Waals surface area contributed by atoms with Gasteiger partial charge in [0.2, 0.25) is 0 Å². The highest BCUT2D eigenvalue weighted by atomic mass is 32.2. The van der Waals surface area contributed by atoms with E-state index in [2.05, 4.69) is 15.1 Å². The molecule has 0 saturated heterocycles. The fourth-order valence-electron chi connectivity index (χ4n) is 2.59. The molecule has 26 heavy (non-hydrogen) atoms. The normalized spacial score (nSPS) is 15.0. The van der Waals surface area contributed by atoms with Gasteiger partial charge in [-0.05, 0) is 19.4 Å². The molecule has 2 unspecified atom stereocenters. The molecule has 0 aliphatic rings. The van der Waals surface area contributed by atoms with Crippen molar-refractivity contribution in [3.8, 4) is 0 Å². The van der Waals surface area contributed by atoms with Crippen molar-refractivity contribution in [1.29, 1.82) is 0 Å². The van der Waals surface area contributed by atoms with Crippen molar-refractivity contribution in [2.45, 2.75) is 42.0 Å². The summed E-state index contributed by atoms with van der Waals surface area (Å²) in [6, 6.07) is 3.19. The van der Waals surface area contributed by atoms with E-state index in [-0.39, 0.29) is 12.1 Å². The lowest BCUT2D eigenvalue weighted by molar-refractivity contribution is 0.0133. The molecular formula is C17H18F2N4OS2. The van der Waals surface area contributed by atoms with Gasteiger partial charge < -0.3 is 5.11 Å². The first kappa shape index (κ1) is 18.9. The number of rotatable bonds is 7. The average molecular weight is 396 g/mol. The molecule has 2 aromatic heterocycles. The SMILES string of the molecule is CCc1csc(SC(C)C(O)(Cn2cncn2)c2ccc(F)cc2F)n1. The maximum atomic E-state index is 14.5. The van der Waals surface area contributed by atoms with Gasteiger partial charge >= 0.3 is 0 Å². The molecule has 0 aliphatic heterocycles. The number of hydrogen-bond acceptors (Lipinski definition) is 6. The second-order valence-electron chi connectivity index (χ2n) is 5.86. The highest BCUT2D eigenvalue weighted by molar-refractivity contribution is 8.01. The highest BCUT2D eigenvalue weighted by Crippen LogP contribution is 2.40. The molecule has 3 aromatic rings. The minimum absolute atomic E-state index is 0.0154. The van der Waals surface area contributed by atoms with Gasteiger partial charge in [-0.3, -0.25) is 0 Å². The molecule has 3 rings (SSSR count). The average Bonchev–Trinajstić information content (AvgIpc) is 3.26. The van der Waals surface area contributed by atoms with Crippen molar-refractivity contribution in [2.75, 3.05) is 0 Å². The van der Waals surface area contributed by atoms with Gasteiger partial charge in [0.25, 0.3) is 0 Å². The second-order valence-corrected chi connectivity index (χ2v) is 8.31. The molecule has 2 atom stereocenters. The van der Waals surface area contributed by atoms with E-state index in [1.165, 1.54) is 46.5 Å². The second kappa shape index (κ2) is 7.81. The van der Waals surface area contributed by atoms with E-state index in [0.29, 0.717) is 0 Å². The first-order valence-electron chi connectivity index (χ1n) is 8.03. The van der Waals surface area contributed by atoms with Crippen LogP contribution < -0.4 is 0 Å². The van der Waals surface area contributed by atoms with Crippen LogP contribution in [0.15, 0.2) is 40.6 Å². The predicted molar refractivity (Wildman–Crippen MR) is 97.1 cm³/mol. The third kappa shape index (κ3) is 3.94. The molecule has 0 saturated carbocycles. The smallest absolute Gasteiger partial charge is 0.150 e. The number of halogens is 2. The Morgan fingerprint density at radius 3 is 2.81 bits per heavy atom. The highest BCUT2D eigenvalue weighted by Gasteiger charge is 2.40. The Morgan fingerprint density at radius 1 is 1.38 bits per heavy atom. The Hall–Kier alpha value is -1.84. The Morgan fingerprint density at radius 2 is 2.19 bits per heavy atom. The zero-order valence-electron chi connectivity index (χ0n) is 14.3. The zero-order valence-corrected chi connectivity index (χ0v) is 15.9. The van der Waals surface area contributed by atoms with Crippen molar-refractivity contribution in [3.63, 3.8) is 0 Å². The van der Waals surface area contributed by atoms with Crippen LogP contribution in [0.25, 0.3) is 0 Å². The molecule has 5 nitrogen and oxygen atoms in total. The largest absolute Gasteiger partial charge is 0.382 e. The number of hydrogen-bond donors (Lipinski definition) is 1. The monoisotopic (exact) mass is 396 g/mol. The summed E-state index contributed by atoms with van der Waals surface area (Å²) in [5.74, 6) is -1.49. The van der Waals surface area contributed by atoms with Crippen molar-refractivity contribution in [3.05, 3.63) is 59.1 Å². The number of aromatic nitrogens is 4. The summed E-state index contributed by atoms with van der Waals surface area (Å²) in [6.45, 7) is 3.79. The first-order valence-corrected chi connectivity index (χ1v) is 9.79. The number of thioether (sulfide) groups is 1. The molecule has 0 fully saturated rings. The molecule has 1 aromatic carbocycles. The van der Waals surface area contributed by atoms with E-state index in [1.54, 1.807) is 6.92 Å². The van der Waals surface area contributed by atoms with Crippen LogP contribution in [0.3, 0.4) is 0 Å². The molecule has 2 heterocycles. The third-order valence-corrected chi connectivity index (χ3v) is 6.41. The van der Waals surface area contributed by atoms with Gasteiger partial charge in [0, 0.05) is 22.3 Å². The molecule has 0 radical (unpaired) electrons. The number of aliphatic hydroxyl groups is 1. The fraction of sp³-hybridized carbons (Fsp3) is 0.353. The van der Waals surface area contributed by atoms with Crippen LogP contribution >= 0.6 is 23.1 Å². The lowest BCUT2D eigenvalue weighted by Crippen LogP contribution is -2.41. The number of aryl methyl sites for hydroxylation is 1. The fourth-order valence-corrected chi connectivity index (χ4v) is 4.88. The maximum absolute atomic E-state index is 14.5. The first-order chi connectivity index (χ1) is 12.4. The van der Waals surface area contributed by atoms with Gasteiger partial charge in [-0.1, -0.05) is 24.8 Å².